The van der Waals surface area contributed by atoms with Crippen molar-refractivity contribution in [2.75, 3.05) is 0 Å². The van der Waals surface area contributed by atoms with Crippen molar-refractivity contribution < 1.29 is 20.5 Å². The van der Waals surface area contributed by atoms with Crippen molar-refractivity contribution in [1.82, 2.24) is 10.6 Å². The molecule has 2 aromatic carbocycles. The number of hydrogen-bond donors (Lipinski definition) is 2. The van der Waals surface area contributed by atoms with Crippen LogP contribution in [0.15, 0.2) is 60.7 Å². The van der Waals surface area contributed by atoms with E-state index in [1.165, 1.54) is 0 Å². The molecule has 0 aromatic heterocycles. The van der Waals surface area contributed by atoms with Crippen molar-refractivity contribution in [1.29, 1.82) is 0 Å². The molecule has 0 aliphatic heterocycles. The van der Waals surface area contributed by atoms with E-state index < -0.39 is 24.1 Å². The lowest BCUT2D eigenvalue weighted by Gasteiger charge is -2.21. The largest absolute Gasteiger partial charge is 0.445 e. The van der Waals surface area contributed by atoms with E-state index in [-0.39, 0.29) is 18.9 Å². The third kappa shape index (κ3) is 8.17. The molecular formula is C23H28N2O4. The van der Waals surface area contributed by atoms with E-state index in [0.717, 1.165) is 11.1 Å². The summed E-state index contributed by atoms with van der Waals surface area (Å²) in [6.45, 7) is 3.89. The van der Waals surface area contributed by atoms with Gasteiger partial charge in [-0.15, -0.1) is 0 Å². The second-order valence-electron chi connectivity index (χ2n) is 7.25. The topological polar surface area (TPSA) is 84.5 Å². The molecule has 2 N–H and O–H groups in total. The highest BCUT2D eigenvalue weighted by molar-refractivity contribution is 5.87. The van der Waals surface area contributed by atoms with Crippen LogP contribution in [0.5, 0.6) is 0 Å². The summed E-state index contributed by atoms with van der Waals surface area (Å²) in [6.07, 6.45) is 0.393. The Morgan fingerprint density at radius 2 is 1.62 bits per heavy atom. The van der Waals surface area contributed by atoms with Crippen LogP contribution in [-0.4, -0.2) is 30.4 Å². The molecule has 2 aromatic rings. The summed E-state index contributed by atoms with van der Waals surface area (Å²) in [5.41, 5.74) is 1.64. The summed E-state index contributed by atoms with van der Waals surface area (Å²) in [7, 11) is 0. The summed E-state index contributed by atoms with van der Waals surface area (Å²) in [5.74, 6) is -0.523. The van der Waals surface area contributed by atoms with Gasteiger partial charge in [0.25, 0.3) is 0 Å². The van der Waals surface area contributed by atoms with Crippen LogP contribution in [0.2, 0.25) is 1.41 Å². The van der Waals surface area contributed by atoms with Crippen LogP contribution in [0.4, 0.5) is 4.79 Å². The van der Waals surface area contributed by atoms with Crippen LogP contribution < -0.4 is 10.6 Å². The average Bonchev–Trinajstić information content (AvgIpc) is 2.76. The number of amides is 2. The first-order chi connectivity index (χ1) is 14.4. The minimum Gasteiger partial charge on any atom is -0.445 e. The van der Waals surface area contributed by atoms with Gasteiger partial charge in [-0.05, 0) is 23.5 Å². The van der Waals surface area contributed by atoms with Crippen molar-refractivity contribution >= 4 is 18.3 Å². The molecule has 6 heteroatoms. The second kappa shape index (κ2) is 11.6. The third-order valence-electron chi connectivity index (χ3n) is 4.25. The van der Waals surface area contributed by atoms with Crippen LogP contribution in [0.1, 0.15) is 31.4 Å². The number of carbonyl (C=O) groups is 3. The van der Waals surface area contributed by atoms with Gasteiger partial charge >= 0.3 is 6.09 Å². The number of ether oxygens (including phenoxy) is 1. The Morgan fingerprint density at radius 3 is 2.17 bits per heavy atom. The van der Waals surface area contributed by atoms with Gasteiger partial charge in [-0.25, -0.2) is 4.79 Å². The van der Waals surface area contributed by atoms with Crippen LogP contribution in [0.3, 0.4) is 0 Å². The van der Waals surface area contributed by atoms with Gasteiger partial charge in [0.15, 0.2) is 1.41 Å². The second-order valence-corrected chi connectivity index (χ2v) is 7.25. The Morgan fingerprint density at radius 1 is 1.03 bits per heavy atom. The molecule has 0 fully saturated rings. The van der Waals surface area contributed by atoms with E-state index in [9.17, 15) is 14.4 Å². The van der Waals surface area contributed by atoms with Gasteiger partial charge in [0.1, 0.15) is 18.9 Å². The van der Waals surface area contributed by atoms with Gasteiger partial charge in [0, 0.05) is 6.42 Å². The Balaban J connectivity index is 2.09. The van der Waals surface area contributed by atoms with Gasteiger partial charge in [-0.3, -0.25) is 4.79 Å². The molecule has 6 nitrogen and oxygen atoms in total. The maximum absolute atomic E-state index is 12.9. The van der Waals surface area contributed by atoms with Crippen LogP contribution in [0, 0.1) is 5.92 Å². The monoisotopic (exact) mass is 397 g/mol. The number of benzene rings is 2. The Hall–Kier alpha value is -3.15. The molecule has 0 aliphatic carbocycles. The quantitative estimate of drug-likeness (QED) is 0.603. The van der Waals surface area contributed by atoms with Gasteiger partial charge in [-0.1, -0.05) is 74.5 Å². The zero-order valence-corrected chi connectivity index (χ0v) is 16.8. The maximum atomic E-state index is 12.9. The fourth-order valence-electron chi connectivity index (χ4n) is 2.83. The number of carbonyl (C=O) groups excluding carboxylic acids is 3. The first kappa shape index (κ1) is 20.6. The van der Waals surface area contributed by atoms with E-state index in [4.69, 9.17) is 6.15 Å². The molecule has 0 heterocycles. The number of aldehydes is 1. The van der Waals surface area contributed by atoms with Gasteiger partial charge in [-0.2, -0.15) is 0 Å². The van der Waals surface area contributed by atoms with Gasteiger partial charge in [0.2, 0.25) is 5.91 Å². The molecule has 0 radical (unpaired) electrons. The minimum atomic E-state index is -1.03. The lowest BCUT2D eigenvalue weighted by Crippen LogP contribution is -2.51. The standard InChI is InChI=1S/C23H28N2O4/c1-17(2)13-20(15-26)24-22(27)21(14-18-9-5-3-6-10-18)25-23(28)29-16-19-11-7-4-8-12-19/h3-12,15,17,20-21H,13-14,16H2,1-2H3,(H,24,27)(H,25,28)/t20-,21-/m1/s1/i/hD. The number of nitrogens with one attached hydrogen (secondary N) is 2. The van der Waals surface area contributed by atoms with Crippen molar-refractivity contribution in [3.63, 3.8) is 0 Å². The van der Waals surface area contributed by atoms with E-state index in [2.05, 4.69) is 5.32 Å². The summed E-state index contributed by atoms with van der Waals surface area (Å²) in [5, 5.41) is 3.23. The highest BCUT2D eigenvalue weighted by Crippen LogP contribution is 2.07. The zero-order valence-electron chi connectivity index (χ0n) is 17.8. The SMILES string of the molecule is [2H]N(C(=O)[C@@H](Cc1ccccc1)NC(=O)OCc1ccccc1)[C@@H](C=O)CC(C)C. The molecule has 0 saturated carbocycles. The molecule has 29 heavy (non-hydrogen) atoms. The van der Waals surface area contributed by atoms with Crippen molar-refractivity contribution in [3.8, 4) is 0 Å². The van der Waals surface area contributed by atoms with Crippen molar-refractivity contribution in [2.45, 2.75) is 45.4 Å². The van der Waals surface area contributed by atoms with Crippen LogP contribution >= 0.6 is 0 Å². The van der Waals surface area contributed by atoms with Crippen molar-refractivity contribution in [2.24, 2.45) is 5.92 Å². The molecule has 0 bridgehead atoms. The average molecular weight is 397 g/mol. The van der Waals surface area contributed by atoms with Gasteiger partial charge in [0.05, 0.1) is 6.04 Å². The number of hydrogen-bond acceptors (Lipinski definition) is 4. The summed E-state index contributed by atoms with van der Waals surface area (Å²) < 4.78 is 13.4. The fraction of sp³-hybridized carbons (Fsp3) is 0.348. The predicted molar refractivity (Wildman–Crippen MR) is 111 cm³/mol. The third-order valence-corrected chi connectivity index (χ3v) is 4.25. The molecule has 0 spiro atoms. The molecular weight excluding hydrogens is 368 g/mol. The summed E-state index contributed by atoms with van der Waals surface area (Å²) >= 11 is 0. The fourth-order valence-corrected chi connectivity index (χ4v) is 2.83. The van der Waals surface area contributed by atoms with E-state index in [1.54, 1.807) is 0 Å². The lowest BCUT2D eigenvalue weighted by molar-refractivity contribution is -0.125. The Kier molecular flexibility index (Phi) is 8.26. The highest BCUT2D eigenvalue weighted by atomic mass is 16.5. The molecule has 154 valence electrons. The molecule has 0 saturated heterocycles. The summed E-state index contributed by atoms with van der Waals surface area (Å²) in [4.78, 5) is 36.7. The summed E-state index contributed by atoms with van der Waals surface area (Å²) in [6, 6.07) is 16.5. The zero-order chi connectivity index (χ0) is 21.9. The normalized spacial score (nSPS) is 13.1. The predicted octanol–water partition coefficient (Wildman–Crippen LogP) is 3.25. The lowest BCUT2D eigenvalue weighted by atomic mass is 10.0. The maximum Gasteiger partial charge on any atom is 0.408 e. The molecule has 0 unspecified atom stereocenters. The van der Waals surface area contributed by atoms with Crippen molar-refractivity contribution in [3.05, 3.63) is 71.8 Å². The van der Waals surface area contributed by atoms with Crippen LogP contribution in [0.25, 0.3) is 0 Å². The van der Waals surface area contributed by atoms with E-state index in [0.29, 0.717) is 18.0 Å². The smallest absolute Gasteiger partial charge is 0.408 e. The number of rotatable bonds is 10. The first-order valence-electron chi connectivity index (χ1n) is 10.1. The number of alkyl carbamates (subject to hydrolysis) is 1. The molecule has 2 amide bonds. The minimum absolute atomic E-state index is 0.0633. The van der Waals surface area contributed by atoms with Gasteiger partial charge < -0.3 is 20.2 Å². The molecule has 2 rings (SSSR count). The van der Waals surface area contributed by atoms with E-state index >= 15 is 0 Å². The highest BCUT2D eigenvalue weighted by Gasteiger charge is 2.24. The Labute approximate surface area is 173 Å². The molecule has 2 atom stereocenters. The van der Waals surface area contributed by atoms with E-state index in [1.807, 2.05) is 74.5 Å². The first-order valence-corrected chi connectivity index (χ1v) is 9.69. The van der Waals surface area contributed by atoms with Crippen LogP contribution in [-0.2, 0) is 27.4 Å². The molecule has 0 aliphatic rings. The Bertz CT molecular complexity index is 814.